The average molecular weight is 223 g/mol. The third kappa shape index (κ3) is 2.33. The fraction of sp³-hybridized carbons (Fsp3) is 0.300. The molecule has 2 aromatic heterocycles. The van der Waals surface area contributed by atoms with E-state index in [1.165, 1.54) is 0 Å². The number of pyridine rings is 1. The molecule has 0 aliphatic heterocycles. The number of hydrogen-bond donors (Lipinski definition) is 0. The summed E-state index contributed by atoms with van der Waals surface area (Å²) in [4.78, 5) is 4.10. The van der Waals surface area contributed by atoms with Gasteiger partial charge in [-0.15, -0.1) is 16.7 Å². The molecule has 2 heterocycles. The van der Waals surface area contributed by atoms with Crippen LogP contribution in [0.15, 0.2) is 24.7 Å². The van der Waals surface area contributed by atoms with Crippen LogP contribution in [0.3, 0.4) is 0 Å². The monoisotopic (exact) mass is 222 g/mol. The second-order valence-corrected chi connectivity index (χ2v) is 3.69. The molecule has 0 N–H and O–H groups in total. The summed E-state index contributed by atoms with van der Waals surface area (Å²) in [5, 5.41) is 8.03. The molecule has 0 bridgehead atoms. The van der Waals surface area contributed by atoms with Crippen LogP contribution < -0.4 is 0 Å². The van der Waals surface area contributed by atoms with Gasteiger partial charge in [0.2, 0.25) is 0 Å². The van der Waals surface area contributed by atoms with E-state index in [1.54, 1.807) is 17.1 Å². The van der Waals surface area contributed by atoms with Crippen molar-refractivity contribution in [2.24, 2.45) is 0 Å². The molecule has 0 atom stereocenters. The van der Waals surface area contributed by atoms with Crippen molar-refractivity contribution in [3.05, 3.63) is 35.9 Å². The van der Waals surface area contributed by atoms with Crippen LogP contribution in [0.4, 0.5) is 0 Å². The SMILES string of the molecule is Cc1cncc(-n2cc(CCCl)nn2)c1. The molecule has 0 aliphatic rings. The normalized spacial score (nSPS) is 10.5. The van der Waals surface area contributed by atoms with E-state index in [-0.39, 0.29) is 0 Å². The van der Waals surface area contributed by atoms with E-state index < -0.39 is 0 Å². The lowest BCUT2D eigenvalue weighted by molar-refractivity contribution is 0.793. The molecule has 0 spiro atoms. The molecule has 2 rings (SSSR count). The van der Waals surface area contributed by atoms with Crippen LogP contribution in [-0.2, 0) is 6.42 Å². The van der Waals surface area contributed by atoms with E-state index in [1.807, 2.05) is 19.2 Å². The maximum absolute atomic E-state index is 5.63. The van der Waals surface area contributed by atoms with E-state index in [0.29, 0.717) is 5.88 Å². The molecule has 0 saturated heterocycles. The Morgan fingerprint density at radius 2 is 2.27 bits per heavy atom. The number of rotatable bonds is 3. The highest BCUT2D eigenvalue weighted by Crippen LogP contribution is 2.07. The zero-order chi connectivity index (χ0) is 10.7. The van der Waals surface area contributed by atoms with Gasteiger partial charge in [-0.05, 0) is 18.6 Å². The second-order valence-electron chi connectivity index (χ2n) is 3.31. The molecule has 0 unspecified atom stereocenters. The molecule has 0 amide bonds. The highest BCUT2D eigenvalue weighted by molar-refractivity contribution is 6.17. The van der Waals surface area contributed by atoms with E-state index in [4.69, 9.17) is 11.6 Å². The van der Waals surface area contributed by atoms with E-state index in [0.717, 1.165) is 23.4 Å². The molecule has 5 heteroatoms. The van der Waals surface area contributed by atoms with Gasteiger partial charge in [0.05, 0.1) is 23.8 Å². The van der Waals surface area contributed by atoms with Gasteiger partial charge in [-0.2, -0.15) is 0 Å². The maximum atomic E-state index is 5.63. The summed E-state index contributed by atoms with van der Waals surface area (Å²) in [6.45, 7) is 1.99. The lowest BCUT2D eigenvalue weighted by Gasteiger charge is -1.99. The van der Waals surface area contributed by atoms with Crippen molar-refractivity contribution < 1.29 is 0 Å². The van der Waals surface area contributed by atoms with Crippen LogP contribution in [-0.4, -0.2) is 25.9 Å². The quantitative estimate of drug-likeness (QED) is 0.744. The van der Waals surface area contributed by atoms with Crippen molar-refractivity contribution >= 4 is 11.6 Å². The first kappa shape index (κ1) is 10.1. The van der Waals surface area contributed by atoms with Gasteiger partial charge in [0.1, 0.15) is 0 Å². The molecular weight excluding hydrogens is 212 g/mol. The average Bonchev–Trinajstić information content (AvgIpc) is 2.67. The molecule has 0 aliphatic carbocycles. The van der Waals surface area contributed by atoms with Crippen LogP contribution in [0.25, 0.3) is 5.69 Å². The zero-order valence-electron chi connectivity index (χ0n) is 8.39. The van der Waals surface area contributed by atoms with E-state index >= 15 is 0 Å². The first-order chi connectivity index (χ1) is 7.29. The third-order valence-corrected chi connectivity index (χ3v) is 2.21. The molecule has 4 nitrogen and oxygen atoms in total. The largest absolute Gasteiger partial charge is 0.262 e. The van der Waals surface area contributed by atoms with Crippen LogP contribution in [0.5, 0.6) is 0 Å². The Balaban J connectivity index is 2.29. The lowest BCUT2D eigenvalue weighted by Crippen LogP contribution is -1.96. The van der Waals surface area contributed by atoms with Gasteiger partial charge >= 0.3 is 0 Å². The summed E-state index contributed by atoms with van der Waals surface area (Å²) >= 11 is 5.63. The minimum Gasteiger partial charge on any atom is -0.262 e. The molecule has 0 radical (unpaired) electrons. The Morgan fingerprint density at radius 3 is 3.00 bits per heavy atom. The molecular formula is C10H11ClN4. The Hall–Kier alpha value is -1.42. The number of alkyl halides is 1. The minimum absolute atomic E-state index is 0.560. The van der Waals surface area contributed by atoms with Crippen molar-refractivity contribution in [2.45, 2.75) is 13.3 Å². The number of aryl methyl sites for hydroxylation is 2. The number of aromatic nitrogens is 4. The smallest absolute Gasteiger partial charge is 0.0849 e. The summed E-state index contributed by atoms with van der Waals surface area (Å²) in [6, 6.07) is 2.01. The highest BCUT2D eigenvalue weighted by atomic mass is 35.5. The van der Waals surface area contributed by atoms with Gasteiger partial charge in [0.25, 0.3) is 0 Å². The fourth-order valence-electron chi connectivity index (χ4n) is 1.30. The van der Waals surface area contributed by atoms with Crippen molar-refractivity contribution in [3.8, 4) is 5.69 Å². The Bertz CT molecular complexity index is 452. The summed E-state index contributed by atoms with van der Waals surface area (Å²) in [5.41, 5.74) is 2.91. The van der Waals surface area contributed by atoms with Crippen LogP contribution >= 0.6 is 11.6 Å². The van der Waals surface area contributed by atoms with Crippen LogP contribution in [0.2, 0.25) is 0 Å². The Morgan fingerprint density at radius 1 is 1.40 bits per heavy atom. The second kappa shape index (κ2) is 4.40. The molecule has 0 aromatic carbocycles. The number of hydrogen-bond acceptors (Lipinski definition) is 3. The third-order valence-electron chi connectivity index (χ3n) is 2.02. The molecule has 15 heavy (non-hydrogen) atoms. The van der Waals surface area contributed by atoms with Crippen molar-refractivity contribution in [1.82, 2.24) is 20.0 Å². The summed E-state index contributed by atoms with van der Waals surface area (Å²) in [5.74, 6) is 0.560. The predicted molar refractivity (Wildman–Crippen MR) is 58.3 cm³/mol. The topological polar surface area (TPSA) is 43.6 Å². The minimum atomic E-state index is 0.560. The number of halogens is 1. The van der Waals surface area contributed by atoms with Gasteiger partial charge < -0.3 is 0 Å². The first-order valence-electron chi connectivity index (χ1n) is 4.69. The van der Waals surface area contributed by atoms with Crippen molar-refractivity contribution in [1.29, 1.82) is 0 Å². The standard InChI is InChI=1S/C10H11ClN4/c1-8-4-10(6-12-5-8)15-7-9(2-3-11)13-14-15/h4-7H,2-3H2,1H3. The zero-order valence-corrected chi connectivity index (χ0v) is 9.15. The molecule has 0 fully saturated rings. The molecule has 0 saturated carbocycles. The lowest BCUT2D eigenvalue weighted by atomic mass is 10.3. The highest BCUT2D eigenvalue weighted by Gasteiger charge is 2.02. The van der Waals surface area contributed by atoms with Gasteiger partial charge in [-0.3, -0.25) is 4.98 Å². The first-order valence-corrected chi connectivity index (χ1v) is 5.22. The maximum Gasteiger partial charge on any atom is 0.0849 e. The summed E-state index contributed by atoms with van der Waals surface area (Å²) in [7, 11) is 0. The van der Waals surface area contributed by atoms with Crippen molar-refractivity contribution in [2.75, 3.05) is 5.88 Å². The Labute approximate surface area is 92.9 Å². The van der Waals surface area contributed by atoms with E-state index in [2.05, 4.69) is 15.3 Å². The Kier molecular flexibility index (Phi) is 2.97. The van der Waals surface area contributed by atoms with Crippen LogP contribution in [0, 0.1) is 6.92 Å². The predicted octanol–water partition coefficient (Wildman–Crippen LogP) is 1.75. The van der Waals surface area contributed by atoms with Gasteiger partial charge in [-0.1, -0.05) is 5.21 Å². The van der Waals surface area contributed by atoms with Gasteiger partial charge in [0, 0.05) is 18.5 Å². The van der Waals surface area contributed by atoms with Crippen LogP contribution in [0.1, 0.15) is 11.3 Å². The van der Waals surface area contributed by atoms with Crippen molar-refractivity contribution in [3.63, 3.8) is 0 Å². The summed E-state index contributed by atoms with van der Waals surface area (Å²) in [6.07, 6.45) is 6.17. The van der Waals surface area contributed by atoms with Gasteiger partial charge in [-0.25, -0.2) is 4.68 Å². The van der Waals surface area contributed by atoms with Gasteiger partial charge in [0.15, 0.2) is 0 Å². The fourth-order valence-corrected chi connectivity index (χ4v) is 1.49. The molecule has 78 valence electrons. The molecule has 2 aromatic rings. The van der Waals surface area contributed by atoms with E-state index in [9.17, 15) is 0 Å². The number of nitrogens with zero attached hydrogens (tertiary/aromatic N) is 4. The summed E-state index contributed by atoms with van der Waals surface area (Å²) < 4.78 is 1.71.